The van der Waals surface area contributed by atoms with Crippen LogP contribution in [0.15, 0.2) is 0 Å². The smallest absolute Gasteiger partial charge is 0.0555 e. The van der Waals surface area contributed by atoms with Crippen molar-refractivity contribution in [3.63, 3.8) is 0 Å². The van der Waals surface area contributed by atoms with Gasteiger partial charge < -0.3 is 5.11 Å². The fourth-order valence-electron chi connectivity index (χ4n) is 5.43. The minimum absolute atomic E-state index is 0.0203. The Bertz CT molecular complexity index is 333. The number of piperidine rings is 1. The maximum Gasteiger partial charge on any atom is 0.0555 e. The van der Waals surface area contributed by atoms with Crippen LogP contribution in [-0.2, 0) is 0 Å². The molecule has 0 aromatic carbocycles. The molecule has 3 saturated carbocycles. The Morgan fingerprint density at radius 2 is 1.53 bits per heavy atom. The van der Waals surface area contributed by atoms with Gasteiger partial charge >= 0.3 is 0 Å². The second kappa shape index (κ2) is 4.46. The molecule has 4 fully saturated rings. The van der Waals surface area contributed by atoms with Crippen LogP contribution in [0.1, 0.15) is 70.6 Å². The van der Waals surface area contributed by atoms with E-state index in [1.54, 1.807) is 0 Å². The van der Waals surface area contributed by atoms with Crippen molar-refractivity contribution in [1.82, 2.24) is 4.90 Å². The molecule has 0 aromatic rings. The highest BCUT2D eigenvalue weighted by molar-refractivity contribution is 5.04. The van der Waals surface area contributed by atoms with Crippen molar-refractivity contribution in [1.29, 1.82) is 0 Å². The summed E-state index contributed by atoms with van der Waals surface area (Å²) in [6, 6.07) is 0.704. The molecule has 0 aromatic heterocycles. The first-order valence-electron chi connectivity index (χ1n) is 8.64. The standard InChI is InChI=1S/C17H29NO/c19-14-3-6-17(4-1-2-5-17)15(13-14)18-11-9-16(7-8-16)10-12-18/h14-15,19H,1-13H2. The first-order valence-corrected chi connectivity index (χ1v) is 8.64. The van der Waals surface area contributed by atoms with E-state index >= 15 is 0 Å². The normalized spacial score (nSPS) is 40.9. The minimum Gasteiger partial charge on any atom is -0.393 e. The van der Waals surface area contributed by atoms with E-state index in [1.165, 1.54) is 70.9 Å². The molecule has 1 saturated heterocycles. The Balaban J connectivity index is 1.49. The molecular formula is C17H29NO. The third-order valence-corrected chi connectivity index (χ3v) is 7.03. The lowest BCUT2D eigenvalue weighted by molar-refractivity contribution is -0.0395. The number of nitrogens with zero attached hydrogens (tertiary/aromatic N) is 1. The van der Waals surface area contributed by atoms with Gasteiger partial charge in [-0.15, -0.1) is 0 Å². The van der Waals surface area contributed by atoms with Crippen molar-refractivity contribution in [2.45, 2.75) is 82.8 Å². The van der Waals surface area contributed by atoms with Gasteiger partial charge in [0.2, 0.25) is 0 Å². The first-order chi connectivity index (χ1) is 9.22. The molecule has 19 heavy (non-hydrogen) atoms. The van der Waals surface area contributed by atoms with Gasteiger partial charge in [0.05, 0.1) is 6.10 Å². The zero-order valence-electron chi connectivity index (χ0n) is 12.2. The Hall–Kier alpha value is -0.0800. The summed E-state index contributed by atoms with van der Waals surface area (Å²) in [5.41, 5.74) is 1.37. The Labute approximate surface area is 117 Å². The van der Waals surface area contributed by atoms with Crippen molar-refractivity contribution in [3.8, 4) is 0 Å². The Morgan fingerprint density at radius 3 is 2.16 bits per heavy atom. The number of likely N-dealkylation sites (tertiary alicyclic amines) is 1. The highest BCUT2D eigenvalue weighted by Gasteiger charge is 2.50. The summed E-state index contributed by atoms with van der Waals surface area (Å²) in [4.78, 5) is 2.79. The lowest BCUT2D eigenvalue weighted by Gasteiger charge is -2.50. The molecule has 2 spiro atoms. The van der Waals surface area contributed by atoms with Gasteiger partial charge in [-0.25, -0.2) is 0 Å². The van der Waals surface area contributed by atoms with Gasteiger partial charge in [0.1, 0.15) is 0 Å². The maximum absolute atomic E-state index is 10.1. The van der Waals surface area contributed by atoms with Crippen LogP contribution in [0, 0.1) is 10.8 Å². The number of aliphatic hydroxyl groups is 1. The van der Waals surface area contributed by atoms with Crippen LogP contribution in [0.25, 0.3) is 0 Å². The average Bonchev–Trinajstić information content (AvgIpc) is 3.02. The molecule has 0 amide bonds. The van der Waals surface area contributed by atoms with E-state index in [9.17, 15) is 5.11 Å². The second-order valence-corrected chi connectivity index (χ2v) is 8.05. The summed E-state index contributed by atoms with van der Waals surface area (Å²) >= 11 is 0. The molecule has 4 rings (SSSR count). The number of aliphatic hydroxyl groups excluding tert-OH is 1. The van der Waals surface area contributed by atoms with Crippen LogP contribution in [0.4, 0.5) is 0 Å². The third-order valence-electron chi connectivity index (χ3n) is 7.03. The molecule has 1 heterocycles. The van der Waals surface area contributed by atoms with E-state index in [0.29, 0.717) is 11.5 Å². The monoisotopic (exact) mass is 263 g/mol. The largest absolute Gasteiger partial charge is 0.393 e. The number of rotatable bonds is 1. The van der Waals surface area contributed by atoms with E-state index in [1.807, 2.05) is 0 Å². The van der Waals surface area contributed by atoms with Crippen LogP contribution in [0.3, 0.4) is 0 Å². The van der Waals surface area contributed by atoms with Crippen molar-refractivity contribution in [2.75, 3.05) is 13.1 Å². The highest BCUT2D eigenvalue weighted by atomic mass is 16.3. The Morgan fingerprint density at radius 1 is 0.842 bits per heavy atom. The fraction of sp³-hybridized carbons (Fsp3) is 1.00. The van der Waals surface area contributed by atoms with Gasteiger partial charge in [-0.3, -0.25) is 4.90 Å². The van der Waals surface area contributed by atoms with Gasteiger partial charge in [0.25, 0.3) is 0 Å². The number of hydrogen-bond acceptors (Lipinski definition) is 2. The highest BCUT2D eigenvalue weighted by Crippen LogP contribution is 2.56. The maximum atomic E-state index is 10.1. The lowest BCUT2D eigenvalue weighted by atomic mass is 9.67. The quantitative estimate of drug-likeness (QED) is 0.784. The Kier molecular flexibility index (Phi) is 2.97. The van der Waals surface area contributed by atoms with Gasteiger partial charge in [0.15, 0.2) is 0 Å². The van der Waals surface area contributed by atoms with Crippen molar-refractivity contribution >= 4 is 0 Å². The molecule has 3 aliphatic carbocycles. The summed E-state index contributed by atoms with van der Waals surface area (Å²) in [5, 5.41) is 10.1. The zero-order chi connectivity index (χ0) is 12.9. The average molecular weight is 263 g/mol. The van der Waals surface area contributed by atoms with Crippen molar-refractivity contribution < 1.29 is 5.11 Å². The van der Waals surface area contributed by atoms with Gasteiger partial charge in [-0.2, -0.15) is 0 Å². The summed E-state index contributed by atoms with van der Waals surface area (Å²) in [6.07, 6.45) is 15.0. The summed E-state index contributed by atoms with van der Waals surface area (Å²) in [7, 11) is 0. The predicted octanol–water partition coefficient (Wildman–Crippen LogP) is 3.34. The molecule has 0 radical (unpaired) electrons. The van der Waals surface area contributed by atoms with Crippen molar-refractivity contribution in [2.24, 2.45) is 10.8 Å². The molecule has 2 atom stereocenters. The molecule has 1 N–H and O–H groups in total. The van der Waals surface area contributed by atoms with Crippen LogP contribution < -0.4 is 0 Å². The van der Waals surface area contributed by atoms with Crippen LogP contribution in [0.2, 0.25) is 0 Å². The molecule has 2 nitrogen and oxygen atoms in total. The molecule has 0 bridgehead atoms. The van der Waals surface area contributed by atoms with Crippen LogP contribution in [0.5, 0.6) is 0 Å². The summed E-state index contributed by atoms with van der Waals surface area (Å²) in [6.45, 7) is 2.64. The van der Waals surface area contributed by atoms with E-state index in [4.69, 9.17) is 0 Å². The minimum atomic E-state index is -0.0203. The SMILES string of the molecule is OC1CCC2(CCCC2)C(N2CCC3(CC2)CC3)C1. The molecule has 2 heteroatoms. The fourth-order valence-corrected chi connectivity index (χ4v) is 5.43. The first kappa shape index (κ1) is 12.6. The lowest BCUT2D eigenvalue weighted by Crippen LogP contribution is -2.54. The predicted molar refractivity (Wildman–Crippen MR) is 77.0 cm³/mol. The topological polar surface area (TPSA) is 23.5 Å². The molecule has 4 aliphatic rings. The summed E-state index contributed by atoms with van der Waals surface area (Å²) in [5.74, 6) is 0. The van der Waals surface area contributed by atoms with Gasteiger partial charge in [-0.05, 0) is 81.7 Å². The molecular weight excluding hydrogens is 234 g/mol. The van der Waals surface area contributed by atoms with Crippen LogP contribution >= 0.6 is 0 Å². The van der Waals surface area contributed by atoms with E-state index in [2.05, 4.69) is 4.90 Å². The van der Waals surface area contributed by atoms with Gasteiger partial charge in [-0.1, -0.05) is 12.8 Å². The number of hydrogen-bond donors (Lipinski definition) is 1. The molecule has 1 aliphatic heterocycles. The van der Waals surface area contributed by atoms with Gasteiger partial charge in [0, 0.05) is 6.04 Å². The molecule has 108 valence electrons. The zero-order valence-corrected chi connectivity index (χ0v) is 12.2. The van der Waals surface area contributed by atoms with Crippen LogP contribution in [-0.4, -0.2) is 35.2 Å². The molecule has 2 unspecified atom stereocenters. The second-order valence-electron chi connectivity index (χ2n) is 8.05. The van der Waals surface area contributed by atoms with E-state index < -0.39 is 0 Å². The van der Waals surface area contributed by atoms with E-state index in [-0.39, 0.29) is 6.10 Å². The van der Waals surface area contributed by atoms with E-state index in [0.717, 1.165) is 18.3 Å². The third kappa shape index (κ3) is 2.15. The van der Waals surface area contributed by atoms with Crippen molar-refractivity contribution in [3.05, 3.63) is 0 Å². The summed E-state index contributed by atoms with van der Waals surface area (Å²) < 4.78 is 0.